The van der Waals surface area contributed by atoms with Crippen LogP contribution in [0.2, 0.25) is 5.02 Å². The van der Waals surface area contributed by atoms with Crippen LogP contribution in [0.1, 0.15) is 5.56 Å². The molecule has 0 unspecified atom stereocenters. The number of nitrogens with zero attached hydrogens (tertiary/aromatic N) is 4. The van der Waals surface area contributed by atoms with Gasteiger partial charge in [0.25, 0.3) is 0 Å². The van der Waals surface area contributed by atoms with E-state index in [9.17, 15) is 0 Å². The highest BCUT2D eigenvalue weighted by Crippen LogP contribution is 2.29. The van der Waals surface area contributed by atoms with Gasteiger partial charge in [0.15, 0.2) is 11.5 Å². The Bertz CT molecular complexity index is 1280. The van der Waals surface area contributed by atoms with Gasteiger partial charge in [-0.3, -0.25) is 5.10 Å². The summed E-state index contributed by atoms with van der Waals surface area (Å²) in [7, 11) is 0. The van der Waals surface area contributed by atoms with Gasteiger partial charge in [-0.15, -0.1) is 11.3 Å². The third-order valence-corrected chi connectivity index (χ3v) is 5.60. The Kier molecular flexibility index (Phi) is 5.00. The highest BCUT2D eigenvalue weighted by atomic mass is 35.5. The zero-order valence-electron chi connectivity index (χ0n) is 15.6. The molecule has 3 N–H and O–H groups in total. The number of hydrogen-bond donors (Lipinski definition) is 3. The Morgan fingerprint density at radius 3 is 2.70 bits per heavy atom. The summed E-state index contributed by atoms with van der Waals surface area (Å²) in [5.74, 6) is 1.33. The molecule has 0 aliphatic carbocycles. The van der Waals surface area contributed by atoms with E-state index >= 15 is 0 Å². The summed E-state index contributed by atoms with van der Waals surface area (Å²) >= 11 is 7.72. The number of aromatic nitrogens is 5. The number of aromatic amines is 1. The molecule has 5 aromatic rings. The normalized spacial score (nSPS) is 11.0. The number of nitrogens with one attached hydrogen (secondary N) is 3. The Morgan fingerprint density at radius 2 is 1.90 bits per heavy atom. The van der Waals surface area contributed by atoms with Crippen LogP contribution in [0.15, 0.2) is 66.4 Å². The van der Waals surface area contributed by atoms with E-state index in [0.29, 0.717) is 28.9 Å². The highest BCUT2D eigenvalue weighted by Gasteiger charge is 2.13. The lowest BCUT2D eigenvalue weighted by Gasteiger charge is -2.09. The summed E-state index contributed by atoms with van der Waals surface area (Å²) in [6.07, 6.45) is 3.31. The maximum absolute atomic E-state index is 6.09. The van der Waals surface area contributed by atoms with Gasteiger partial charge in [0.05, 0.1) is 0 Å². The zero-order chi connectivity index (χ0) is 20.3. The molecule has 0 radical (unpaired) electrons. The minimum Gasteiger partial charge on any atom is -0.364 e. The van der Waals surface area contributed by atoms with E-state index in [1.165, 1.54) is 6.33 Å². The van der Waals surface area contributed by atoms with E-state index in [-0.39, 0.29) is 0 Å². The van der Waals surface area contributed by atoms with Crippen LogP contribution in [-0.4, -0.2) is 25.1 Å². The maximum atomic E-state index is 6.09. The molecule has 0 saturated carbocycles. The fourth-order valence-corrected chi connectivity index (χ4v) is 3.94. The maximum Gasteiger partial charge on any atom is 0.162 e. The van der Waals surface area contributed by atoms with Gasteiger partial charge in [-0.1, -0.05) is 41.9 Å². The molecule has 3 aromatic heterocycles. The summed E-state index contributed by atoms with van der Waals surface area (Å²) < 4.78 is 0. The topological polar surface area (TPSA) is 91.4 Å². The molecule has 2 aromatic carbocycles. The number of benzene rings is 2. The van der Waals surface area contributed by atoms with E-state index in [2.05, 4.69) is 60.0 Å². The van der Waals surface area contributed by atoms with Crippen molar-refractivity contribution < 1.29 is 0 Å². The van der Waals surface area contributed by atoms with Crippen LogP contribution >= 0.6 is 22.9 Å². The van der Waals surface area contributed by atoms with Gasteiger partial charge in [-0.05, 0) is 23.8 Å². The third kappa shape index (κ3) is 3.83. The standard InChI is InChI=1S/C21H16ClN7S/c22-15-2-1-3-16(10-15)27-18-17-19(28-29-20(17)26-12-25-18)24-11-13-4-6-14(7-5-13)21-23-8-9-30-21/h1-10,12H,11H2,(H3,24,25,26,27,28,29). The number of halogens is 1. The third-order valence-electron chi connectivity index (χ3n) is 4.54. The van der Waals surface area contributed by atoms with Crippen LogP contribution < -0.4 is 10.6 Å². The molecule has 0 amide bonds. The van der Waals surface area contributed by atoms with Crippen molar-refractivity contribution in [1.29, 1.82) is 0 Å². The lowest BCUT2D eigenvalue weighted by Crippen LogP contribution is -2.02. The first-order valence-corrected chi connectivity index (χ1v) is 10.5. The second kappa shape index (κ2) is 8.10. The number of H-pyrrole nitrogens is 1. The average molecular weight is 434 g/mol. The van der Waals surface area contributed by atoms with Crippen molar-refractivity contribution in [2.45, 2.75) is 6.54 Å². The van der Waals surface area contributed by atoms with E-state index in [0.717, 1.165) is 27.2 Å². The second-order valence-corrected chi connectivity index (χ2v) is 7.87. The number of hydrogen-bond acceptors (Lipinski definition) is 7. The Balaban J connectivity index is 1.37. The molecule has 7 nitrogen and oxygen atoms in total. The zero-order valence-corrected chi connectivity index (χ0v) is 17.2. The molecule has 0 atom stereocenters. The molecular weight excluding hydrogens is 418 g/mol. The minimum absolute atomic E-state index is 0.615. The van der Waals surface area contributed by atoms with E-state index < -0.39 is 0 Å². The Morgan fingerprint density at radius 1 is 1.00 bits per heavy atom. The van der Waals surface area contributed by atoms with Gasteiger partial charge in [-0.2, -0.15) is 5.10 Å². The molecule has 148 valence electrons. The van der Waals surface area contributed by atoms with Crippen molar-refractivity contribution in [3.8, 4) is 10.6 Å². The summed E-state index contributed by atoms with van der Waals surface area (Å²) in [5, 5.41) is 18.4. The molecule has 3 heterocycles. The Hall–Kier alpha value is -3.49. The van der Waals surface area contributed by atoms with Crippen molar-refractivity contribution in [1.82, 2.24) is 25.1 Å². The first kappa shape index (κ1) is 18.5. The van der Waals surface area contributed by atoms with Crippen molar-refractivity contribution in [3.05, 3.63) is 77.0 Å². The molecule has 5 rings (SSSR count). The first-order chi connectivity index (χ1) is 14.8. The van der Waals surface area contributed by atoms with Crippen LogP contribution in [0.5, 0.6) is 0 Å². The summed E-state index contributed by atoms with van der Waals surface area (Å²) in [6.45, 7) is 0.615. The molecule has 9 heteroatoms. The van der Waals surface area contributed by atoms with Crippen molar-refractivity contribution >= 4 is 51.3 Å². The van der Waals surface area contributed by atoms with Crippen LogP contribution in [0, 0.1) is 0 Å². The van der Waals surface area contributed by atoms with E-state index in [4.69, 9.17) is 11.6 Å². The molecule has 0 bridgehead atoms. The molecule has 0 fully saturated rings. The van der Waals surface area contributed by atoms with Gasteiger partial charge in [0.2, 0.25) is 0 Å². The van der Waals surface area contributed by atoms with Gasteiger partial charge >= 0.3 is 0 Å². The molecule has 0 aliphatic heterocycles. The van der Waals surface area contributed by atoms with Crippen molar-refractivity contribution in [3.63, 3.8) is 0 Å². The summed E-state index contributed by atoms with van der Waals surface area (Å²) in [4.78, 5) is 13.0. The summed E-state index contributed by atoms with van der Waals surface area (Å²) in [6, 6.07) is 15.8. The molecular formula is C21H16ClN7S. The van der Waals surface area contributed by atoms with Crippen LogP contribution in [0.3, 0.4) is 0 Å². The molecule has 0 saturated heterocycles. The number of fused-ring (bicyclic) bond motifs is 1. The second-order valence-electron chi connectivity index (χ2n) is 6.54. The van der Waals surface area contributed by atoms with E-state index in [1.807, 2.05) is 35.8 Å². The largest absolute Gasteiger partial charge is 0.364 e. The predicted octanol–water partition coefficient (Wildman–Crippen LogP) is 5.49. The fourth-order valence-electron chi connectivity index (χ4n) is 3.10. The Labute approximate surface area is 181 Å². The molecule has 0 spiro atoms. The number of rotatable bonds is 6. The fraction of sp³-hybridized carbons (Fsp3) is 0.0476. The highest BCUT2D eigenvalue weighted by molar-refractivity contribution is 7.13. The minimum atomic E-state index is 0.615. The van der Waals surface area contributed by atoms with Gasteiger partial charge in [0.1, 0.15) is 22.5 Å². The number of thiazole rings is 1. The first-order valence-electron chi connectivity index (χ1n) is 9.20. The van der Waals surface area contributed by atoms with Crippen LogP contribution in [-0.2, 0) is 6.54 Å². The van der Waals surface area contributed by atoms with Gasteiger partial charge in [-0.25, -0.2) is 15.0 Å². The summed E-state index contributed by atoms with van der Waals surface area (Å²) in [5.41, 5.74) is 3.73. The molecule has 0 aliphatic rings. The smallest absolute Gasteiger partial charge is 0.162 e. The van der Waals surface area contributed by atoms with Gasteiger partial charge in [0, 0.05) is 34.4 Å². The predicted molar refractivity (Wildman–Crippen MR) is 121 cm³/mol. The van der Waals surface area contributed by atoms with Gasteiger partial charge < -0.3 is 10.6 Å². The lowest BCUT2D eigenvalue weighted by atomic mass is 10.1. The SMILES string of the molecule is Clc1cccc(Nc2ncnc3[nH]nc(NCc4ccc(-c5nccs5)cc4)c23)c1. The van der Waals surface area contributed by atoms with Crippen LogP contribution in [0.25, 0.3) is 21.6 Å². The van der Waals surface area contributed by atoms with Crippen molar-refractivity contribution in [2.24, 2.45) is 0 Å². The quantitative estimate of drug-likeness (QED) is 0.328. The lowest BCUT2D eigenvalue weighted by molar-refractivity contribution is 1.05. The van der Waals surface area contributed by atoms with Crippen molar-refractivity contribution in [2.75, 3.05) is 10.6 Å². The van der Waals surface area contributed by atoms with E-state index in [1.54, 1.807) is 11.3 Å². The van der Waals surface area contributed by atoms with Crippen LogP contribution in [0.4, 0.5) is 17.3 Å². The number of anilines is 3. The monoisotopic (exact) mass is 433 g/mol. The average Bonchev–Trinajstić information content (AvgIpc) is 3.44. The molecule has 30 heavy (non-hydrogen) atoms.